The van der Waals surface area contributed by atoms with E-state index in [1.54, 1.807) is 14.2 Å². The molecule has 22 heteroatoms. The van der Waals surface area contributed by atoms with E-state index in [0.717, 1.165) is 88.6 Å². The molecule has 6 aliphatic rings. The van der Waals surface area contributed by atoms with Gasteiger partial charge in [0.1, 0.15) is 45.0 Å². The third-order valence-electron chi connectivity index (χ3n) is 20.2. The average Bonchev–Trinajstić information content (AvgIpc) is 1.60. The maximum absolute atomic E-state index is 14.7. The topological polar surface area (TPSA) is 222 Å². The van der Waals surface area contributed by atoms with Crippen molar-refractivity contribution < 1.29 is 38.1 Å². The number of carbonyl (C=O) groups is 4. The largest absolute Gasteiger partial charge is 0.494 e. The molecule has 498 valence electrons. The Bertz CT molecular complexity index is 4430. The summed E-state index contributed by atoms with van der Waals surface area (Å²) < 4.78 is 31.7. The maximum Gasteiger partial charge on any atom is 0.407 e. The number of pyridine rings is 2. The maximum atomic E-state index is 14.7. The molecular weight excluding hydrogens is 1200 g/mol. The molecule has 8 heterocycles. The van der Waals surface area contributed by atoms with Gasteiger partial charge in [0.25, 0.3) is 11.8 Å². The second-order valence-electron chi connectivity index (χ2n) is 29.2. The van der Waals surface area contributed by atoms with Crippen LogP contribution in [-0.4, -0.2) is 166 Å². The van der Waals surface area contributed by atoms with Crippen molar-refractivity contribution >= 4 is 68.1 Å². The van der Waals surface area contributed by atoms with Gasteiger partial charge in [-0.2, -0.15) is 0 Å². The molecule has 0 spiro atoms. The van der Waals surface area contributed by atoms with Crippen LogP contribution in [0.5, 0.6) is 11.5 Å². The van der Waals surface area contributed by atoms with Crippen LogP contribution in [0.4, 0.5) is 9.59 Å². The molecule has 3 N–H and O–H groups in total. The molecule has 4 amide bonds. The average molecular weight is 1290 g/mol. The minimum atomic E-state index is -0.628. The number of ether oxygens (including phenoxy) is 4. The van der Waals surface area contributed by atoms with Gasteiger partial charge in [-0.15, -0.1) is 0 Å². The molecule has 95 heavy (non-hydrogen) atoms. The number of likely N-dealkylation sites (N-methyl/N-ethyl adjacent to an activating group) is 2. The standard InChI is InChI=1S/C40H47N7O4.C33H41N7O4/c1-40(2,3)51-39(49)43-33-28-19-30(44(4)21-24-11-8-7-9-12-24)35(33)47(23-28)38(48)27-17-29-34(32(20-27)50-6)45(5)37(42-29)31-18-26-13-10-16-41-36(26)46(31)22-25-14-15-25;1-33(2,3)44-32(42)37-26-21-13-22(34-4)28(26)40(17-21)31(41)20-12-23-27(25(15-20)43-6)38(5)30(36-23)24-14-19-8-7-11-35-29(19)39(24)16-18-9-10-18/h7-13,16-18,20,25,28,30,33,35H,14-15,19,21-23H2,1-6H3,(H,43,49);7-8,11-12,14-15,18,21-22,26,28,34H,9-10,13,16-17H2,1-6H3,(H,37,42)/t28-,30?,33-,35-;21-,22?,26-,28-/m11/s1. The summed E-state index contributed by atoms with van der Waals surface area (Å²) in [6.07, 6.45) is 9.42. The van der Waals surface area contributed by atoms with E-state index in [2.05, 4.69) is 82.6 Å². The fraction of sp³-hybridized carbons (Fsp3) is 0.479. The fourth-order valence-electron chi connectivity index (χ4n) is 15.6. The van der Waals surface area contributed by atoms with Gasteiger partial charge >= 0.3 is 12.2 Å². The SMILES string of the molecule is CNC1C[C@@H]2CN(C(=O)c3cc(OC)c4c(c3)nc(-c3cc5cccnc5n3CC3CC3)n4C)[C@H]1[C@@H]2NC(=O)OC(C)(C)C.COc1cc(C(=O)N2C[C@H]3CC(N(C)Cc4ccccc4)[C@@H]2[C@@H]3NC(=O)OC(C)(C)C)cc2nc(-c3cc4cccnc4n3CC3CC3)n(C)c12. The van der Waals surface area contributed by atoms with Gasteiger partial charge in [-0.1, -0.05) is 30.3 Å². The highest BCUT2D eigenvalue weighted by Gasteiger charge is 2.57. The molecule has 2 unspecified atom stereocenters. The van der Waals surface area contributed by atoms with Crippen molar-refractivity contribution in [2.24, 2.45) is 37.8 Å². The molecule has 3 aromatic carbocycles. The molecule has 15 rings (SSSR count). The number of carbonyl (C=O) groups excluding carboxylic acids is 4. The summed E-state index contributed by atoms with van der Waals surface area (Å²) in [4.78, 5) is 80.4. The van der Waals surface area contributed by atoms with Gasteiger partial charge < -0.3 is 63.0 Å². The van der Waals surface area contributed by atoms with Crippen molar-refractivity contribution in [3.05, 3.63) is 120 Å². The summed E-state index contributed by atoms with van der Waals surface area (Å²) in [5.41, 5.74) is 7.96. The number of alkyl carbamates (subject to hydrolysis) is 2. The summed E-state index contributed by atoms with van der Waals surface area (Å²) in [7, 11) is 11.3. The van der Waals surface area contributed by atoms with Crippen LogP contribution in [0.1, 0.15) is 106 Å². The van der Waals surface area contributed by atoms with Crippen LogP contribution < -0.4 is 25.4 Å². The number of benzene rings is 3. The molecule has 8 atom stereocenters. The van der Waals surface area contributed by atoms with Crippen LogP contribution >= 0.6 is 0 Å². The predicted molar refractivity (Wildman–Crippen MR) is 364 cm³/mol. The Morgan fingerprint density at radius 1 is 0.600 bits per heavy atom. The minimum Gasteiger partial charge on any atom is -0.494 e. The number of amides is 4. The number of piperidine rings is 2. The fourth-order valence-corrected chi connectivity index (χ4v) is 15.6. The lowest BCUT2D eigenvalue weighted by Gasteiger charge is -2.38. The Labute approximate surface area is 553 Å². The smallest absolute Gasteiger partial charge is 0.407 e. The molecule has 22 nitrogen and oxygen atoms in total. The highest BCUT2D eigenvalue weighted by Crippen LogP contribution is 2.45. The Hall–Kier alpha value is -9.02. The van der Waals surface area contributed by atoms with Crippen molar-refractivity contribution in [1.29, 1.82) is 0 Å². The highest BCUT2D eigenvalue weighted by atomic mass is 16.6. The van der Waals surface area contributed by atoms with Crippen LogP contribution in [0.25, 0.3) is 67.2 Å². The molecule has 2 aliphatic heterocycles. The molecule has 6 aromatic heterocycles. The Morgan fingerprint density at radius 3 is 1.52 bits per heavy atom. The third kappa shape index (κ3) is 12.2. The van der Waals surface area contributed by atoms with Crippen LogP contribution in [0.15, 0.2) is 103 Å². The van der Waals surface area contributed by atoms with Crippen molar-refractivity contribution in [2.45, 2.75) is 147 Å². The normalized spacial score (nSPS) is 22.3. The number of likely N-dealkylation sites (tertiary alicyclic amines) is 2. The van der Waals surface area contributed by atoms with Gasteiger partial charge in [0, 0.05) is 105 Å². The number of aryl methyl sites for hydroxylation is 2. The van der Waals surface area contributed by atoms with Crippen LogP contribution in [0.3, 0.4) is 0 Å². The zero-order valence-corrected chi connectivity index (χ0v) is 56.6. The Kier molecular flexibility index (Phi) is 16.4. The lowest BCUT2D eigenvalue weighted by atomic mass is 10.0. The van der Waals surface area contributed by atoms with E-state index in [1.807, 2.05) is 139 Å². The van der Waals surface area contributed by atoms with Crippen molar-refractivity contribution in [3.63, 3.8) is 0 Å². The number of imidazole rings is 2. The number of nitrogens with one attached hydrogen (secondary N) is 3. The van der Waals surface area contributed by atoms with Crippen molar-refractivity contribution in [3.8, 4) is 34.5 Å². The molecular formula is C73H88N14O8. The molecule has 4 saturated carbocycles. The lowest BCUT2D eigenvalue weighted by molar-refractivity contribution is 0.0448. The number of methoxy groups -OCH3 is 2. The zero-order chi connectivity index (χ0) is 66.5. The van der Waals surface area contributed by atoms with Crippen LogP contribution in [0, 0.1) is 23.7 Å². The Balaban J connectivity index is 0.000000165. The van der Waals surface area contributed by atoms with E-state index in [1.165, 1.54) is 31.2 Å². The van der Waals surface area contributed by atoms with E-state index in [4.69, 9.17) is 38.9 Å². The molecule has 4 bridgehead atoms. The summed E-state index contributed by atoms with van der Waals surface area (Å²) in [5, 5.41) is 11.8. The molecule has 9 aromatic rings. The zero-order valence-electron chi connectivity index (χ0n) is 56.6. The van der Waals surface area contributed by atoms with E-state index in [9.17, 15) is 19.2 Å². The van der Waals surface area contributed by atoms with Gasteiger partial charge in [-0.3, -0.25) is 14.5 Å². The first kappa shape index (κ1) is 63.4. The molecule has 6 fully saturated rings. The molecule has 4 aliphatic carbocycles. The van der Waals surface area contributed by atoms with E-state index in [0.29, 0.717) is 58.6 Å². The number of aromatic nitrogens is 8. The monoisotopic (exact) mass is 1290 g/mol. The third-order valence-corrected chi connectivity index (χ3v) is 20.2. The van der Waals surface area contributed by atoms with E-state index in [-0.39, 0.29) is 59.9 Å². The number of nitrogens with zero attached hydrogens (tertiary/aromatic N) is 11. The van der Waals surface area contributed by atoms with Gasteiger partial charge in [0.15, 0.2) is 11.6 Å². The van der Waals surface area contributed by atoms with Gasteiger partial charge in [-0.25, -0.2) is 29.5 Å². The number of fused-ring (bicyclic) bond motifs is 8. The van der Waals surface area contributed by atoms with Crippen LogP contribution in [-0.2, 0) is 43.2 Å². The van der Waals surface area contributed by atoms with Gasteiger partial charge in [-0.05, 0) is 172 Å². The van der Waals surface area contributed by atoms with E-state index >= 15 is 0 Å². The summed E-state index contributed by atoms with van der Waals surface area (Å²) in [6, 6.07) is 29.4. The first-order chi connectivity index (χ1) is 45.5. The van der Waals surface area contributed by atoms with E-state index < -0.39 is 23.4 Å². The summed E-state index contributed by atoms with van der Waals surface area (Å²) in [5.74, 6) is 4.10. The van der Waals surface area contributed by atoms with Gasteiger partial charge in [0.2, 0.25) is 0 Å². The second kappa shape index (κ2) is 24.6. The molecule has 2 saturated heterocycles. The van der Waals surface area contributed by atoms with Crippen molar-refractivity contribution in [1.82, 2.24) is 68.9 Å². The highest BCUT2D eigenvalue weighted by molar-refractivity contribution is 6.02. The number of hydrogen-bond acceptors (Lipinski definition) is 14. The quantitative estimate of drug-likeness (QED) is 0.0819. The van der Waals surface area contributed by atoms with Crippen LogP contribution in [0.2, 0.25) is 0 Å². The number of rotatable bonds is 16. The second-order valence-corrected chi connectivity index (χ2v) is 29.2. The summed E-state index contributed by atoms with van der Waals surface area (Å²) >= 11 is 0. The first-order valence-electron chi connectivity index (χ1n) is 33.6. The van der Waals surface area contributed by atoms with Gasteiger partial charge in [0.05, 0.1) is 60.8 Å². The lowest BCUT2D eigenvalue weighted by Crippen LogP contribution is -2.55. The first-order valence-corrected chi connectivity index (χ1v) is 33.6. The summed E-state index contributed by atoms with van der Waals surface area (Å²) in [6.45, 7) is 14.8. The van der Waals surface area contributed by atoms with Crippen molar-refractivity contribution in [2.75, 3.05) is 41.4 Å². The predicted octanol–water partition coefficient (Wildman–Crippen LogP) is 10.6. The molecule has 0 radical (unpaired) electrons. The Morgan fingerprint density at radius 2 is 1.06 bits per heavy atom. The minimum absolute atomic E-state index is 0.0434. The number of hydrogen-bond donors (Lipinski definition) is 3.